The number of nitrogens with one attached hydrogen (secondary N) is 1. The summed E-state index contributed by atoms with van der Waals surface area (Å²) in [5.74, 6) is 0. The van der Waals surface area contributed by atoms with Gasteiger partial charge in [0.15, 0.2) is 0 Å². The van der Waals surface area contributed by atoms with E-state index >= 15 is 0 Å². The second kappa shape index (κ2) is 10.7. The fourth-order valence-electron chi connectivity index (χ4n) is 4.03. The van der Waals surface area contributed by atoms with E-state index in [0.29, 0.717) is 13.1 Å². The van der Waals surface area contributed by atoms with Crippen LogP contribution in [-0.4, -0.2) is 70.1 Å². The predicted octanol–water partition coefficient (Wildman–Crippen LogP) is 1.16. The number of likely N-dealkylation sites (tertiary alicyclic amines) is 1. The molecule has 2 aromatic rings. The Morgan fingerprint density at radius 3 is 2.48 bits per heavy atom. The van der Waals surface area contributed by atoms with Crippen molar-refractivity contribution in [3.8, 4) is 0 Å². The van der Waals surface area contributed by atoms with Gasteiger partial charge in [0.1, 0.15) is 0 Å². The Morgan fingerprint density at radius 1 is 1.10 bits per heavy atom. The lowest BCUT2D eigenvalue weighted by atomic mass is 9.88. The van der Waals surface area contributed by atoms with Gasteiger partial charge in [0, 0.05) is 38.8 Å². The smallest absolute Gasteiger partial charge is 0.363 e. The summed E-state index contributed by atoms with van der Waals surface area (Å²) < 4.78 is 8.40. The Bertz CT molecular complexity index is 780. The van der Waals surface area contributed by atoms with Crippen molar-refractivity contribution in [3.05, 3.63) is 46.4 Å². The molecule has 0 unspecified atom stereocenters. The minimum absolute atomic E-state index is 0.0458. The normalized spacial score (nSPS) is 16.9. The van der Waals surface area contributed by atoms with Gasteiger partial charge < -0.3 is 15.0 Å². The van der Waals surface area contributed by atoms with Gasteiger partial charge in [-0.05, 0) is 55.1 Å². The predicted molar refractivity (Wildman–Crippen MR) is 113 cm³/mol. The van der Waals surface area contributed by atoms with Crippen LogP contribution in [0.25, 0.3) is 0 Å². The summed E-state index contributed by atoms with van der Waals surface area (Å²) in [4.78, 5) is 14.5. The number of methoxy groups -OCH3 is 1. The molecule has 1 fully saturated rings. The lowest BCUT2D eigenvalue weighted by Crippen LogP contribution is -2.56. The summed E-state index contributed by atoms with van der Waals surface area (Å²) >= 11 is 0. The van der Waals surface area contributed by atoms with E-state index in [1.165, 1.54) is 14.9 Å². The molecule has 0 radical (unpaired) electrons. The van der Waals surface area contributed by atoms with Gasteiger partial charge in [0.2, 0.25) is 0 Å². The highest BCUT2D eigenvalue weighted by molar-refractivity contribution is 5.14. The molecule has 1 aromatic carbocycles. The molecule has 160 valence electrons. The molecule has 0 bridgehead atoms. The van der Waals surface area contributed by atoms with Gasteiger partial charge in [0.25, 0.3) is 0 Å². The summed E-state index contributed by atoms with van der Waals surface area (Å²) in [6, 6.07) is 10.6. The van der Waals surface area contributed by atoms with E-state index in [1.807, 2.05) is 6.92 Å². The van der Waals surface area contributed by atoms with Crippen LogP contribution in [0.3, 0.4) is 0 Å². The number of aryl methyl sites for hydroxylation is 2. The Balaban J connectivity index is 1.43. The van der Waals surface area contributed by atoms with Gasteiger partial charge in [-0.25, -0.2) is 4.79 Å². The molecule has 0 spiro atoms. The Morgan fingerprint density at radius 2 is 1.83 bits per heavy atom. The Labute approximate surface area is 172 Å². The third kappa shape index (κ3) is 5.98. The van der Waals surface area contributed by atoms with Gasteiger partial charge in [-0.3, -0.25) is 0 Å². The van der Waals surface area contributed by atoms with Crippen molar-refractivity contribution in [1.82, 2.24) is 30.0 Å². The van der Waals surface area contributed by atoms with Gasteiger partial charge >= 0.3 is 5.69 Å². The zero-order valence-electron chi connectivity index (χ0n) is 17.7. The third-order valence-corrected chi connectivity index (χ3v) is 5.84. The molecule has 0 saturated carbocycles. The van der Waals surface area contributed by atoms with E-state index < -0.39 is 0 Å². The first-order valence-corrected chi connectivity index (χ1v) is 10.7. The molecule has 0 amide bonds. The van der Waals surface area contributed by atoms with Crippen LogP contribution in [0.1, 0.15) is 31.7 Å². The van der Waals surface area contributed by atoms with E-state index in [1.54, 1.807) is 7.11 Å². The van der Waals surface area contributed by atoms with Gasteiger partial charge in [-0.1, -0.05) is 30.3 Å². The maximum absolute atomic E-state index is 12.1. The highest BCUT2D eigenvalue weighted by Crippen LogP contribution is 2.23. The number of aromatic nitrogens is 4. The number of ether oxygens (including phenoxy) is 1. The first-order chi connectivity index (χ1) is 14.2. The summed E-state index contributed by atoms with van der Waals surface area (Å²) in [6.07, 6.45) is 4.30. The van der Waals surface area contributed by atoms with Gasteiger partial charge in [0.05, 0.1) is 13.2 Å². The van der Waals surface area contributed by atoms with E-state index in [9.17, 15) is 4.79 Å². The van der Waals surface area contributed by atoms with Crippen LogP contribution in [0.5, 0.6) is 0 Å². The molecular weight excluding hydrogens is 368 g/mol. The van der Waals surface area contributed by atoms with Crippen molar-refractivity contribution in [3.63, 3.8) is 0 Å². The van der Waals surface area contributed by atoms with E-state index in [-0.39, 0.29) is 11.2 Å². The minimum atomic E-state index is -0.127. The van der Waals surface area contributed by atoms with Crippen molar-refractivity contribution >= 4 is 0 Å². The Hall–Kier alpha value is -2.03. The molecule has 3 rings (SSSR count). The SMILES string of the molecule is CCn1nnn(CCN2CCC(COC)(NCCCc3ccccc3)CC2)c1=O. The first-order valence-electron chi connectivity index (χ1n) is 10.7. The molecule has 1 aliphatic rings. The van der Waals surface area contributed by atoms with Crippen molar-refractivity contribution in [2.75, 3.05) is 39.9 Å². The van der Waals surface area contributed by atoms with Crippen LogP contribution >= 0.6 is 0 Å². The van der Waals surface area contributed by atoms with Crippen LogP contribution < -0.4 is 11.0 Å². The number of benzene rings is 1. The lowest BCUT2D eigenvalue weighted by Gasteiger charge is -2.42. The lowest BCUT2D eigenvalue weighted by molar-refractivity contribution is 0.0524. The van der Waals surface area contributed by atoms with Gasteiger partial charge in [-0.2, -0.15) is 9.36 Å². The van der Waals surface area contributed by atoms with Crippen LogP contribution in [0.2, 0.25) is 0 Å². The second-order valence-electron chi connectivity index (χ2n) is 7.87. The molecule has 8 heteroatoms. The number of piperidine rings is 1. The van der Waals surface area contributed by atoms with Crippen molar-refractivity contribution in [2.24, 2.45) is 0 Å². The van der Waals surface area contributed by atoms with E-state index in [0.717, 1.165) is 58.5 Å². The molecule has 2 heterocycles. The molecule has 0 atom stereocenters. The highest BCUT2D eigenvalue weighted by atomic mass is 16.5. The van der Waals surface area contributed by atoms with Crippen LogP contribution in [0.15, 0.2) is 35.1 Å². The quantitative estimate of drug-likeness (QED) is 0.569. The number of rotatable bonds is 11. The summed E-state index contributed by atoms with van der Waals surface area (Å²) in [5, 5.41) is 11.6. The monoisotopic (exact) mass is 402 g/mol. The summed E-state index contributed by atoms with van der Waals surface area (Å²) in [5.41, 5.74) is 1.31. The van der Waals surface area contributed by atoms with Gasteiger partial charge in [-0.15, -0.1) is 0 Å². The zero-order valence-corrected chi connectivity index (χ0v) is 17.7. The maximum atomic E-state index is 12.1. The summed E-state index contributed by atoms with van der Waals surface area (Å²) in [6.45, 7) is 7.56. The van der Waals surface area contributed by atoms with Crippen LogP contribution in [0.4, 0.5) is 0 Å². The first kappa shape index (κ1) is 21.7. The third-order valence-electron chi connectivity index (χ3n) is 5.84. The fourth-order valence-corrected chi connectivity index (χ4v) is 4.03. The Kier molecular flexibility index (Phi) is 7.97. The minimum Gasteiger partial charge on any atom is -0.383 e. The molecule has 1 aliphatic heterocycles. The topological polar surface area (TPSA) is 77.2 Å². The molecular formula is C21H34N6O2. The number of tetrazole rings is 1. The molecule has 1 saturated heterocycles. The average Bonchev–Trinajstić information content (AvgIpc) is 3.11. The van der Waals surface area contributed by atoms with E-state index in [4.69, 9.17) is 4.74 Å². The summed E-state index contributed by atoms with van der Waals surface area (Å²) in [7, 11) is 1.78. The average molecular weight is 403 g/mol. The standard InChI is InChI=1S/C21H34N6O2/c1-3-26-20(28)27(24-23-26)17-16-25-14-11-21(12-15-25,18-29-2)22-13-7-10-19-8-5-4-6-9-19/h4-6,8-9,22H,3,7,10-18H2,1-2H3. The molecule has 1 N–H and O–H groups in total. The second-order valence-corrected chi connectivity index (χ2v) is 7.87. The molecule has 29 heavy (non-hydrogen) atoms. The fraction of sp³-hybridized carbons (Fsp3) is 0.667. The molecule has 0 aliphatic carbocycles. The number of hydrogen-bond donors (Lipinski definition) is 1. The zero-order chi connectivity index (χ0) is 20.5. The number of hydrogen-bond acceptors (Lipinski definition) is 6. The van der Waals surface area contributed by atoms with E-state index in [2.05, 4.69) is 51.0 Å². The highest BCUT2D eigenvalue weighted by Gasteiger charge is 2.33. The number of nitrogens with zero attached hydrogens (tertiary/aromatic N) is 5. The molecule has 1 aromatic heterocycles. The maximum Gasteiger partial charge on any atom is 0.363 e. The van der Waals surface area contributed by atoms with Crippen molar-refractivity contribution in [1.29, 1.82) is 0 Å². The largest absolute Gasteiger partial charge is 0.383 e. The van der Waals surface area contributed by atoms with Crippen molar-refractivity contribution < 1.29 is 4.74 Å². The van der Waals surface area contributed by atoms with Crippen LogP contribution in [0, 0.1) is 0 Å². The van der Waals surface area contributed by atoms with Crippen LogP contribution in [-0.2, 0) is 24.2 Å². The molecule has 8 nitrogen and oxygen atoms in total. The van der Waals surface area contributed by atoms with Crippen molar-refractivity contribution in [2.45, 2.75) is 51.2 Å².